The Bertz CT molecular complexity index is 1320. The molecule has 1 N–H and O–H groups in total. The van der Waals surface area contributed by atoms with E-state index in [1.807, 2.05) is 6.07 Å². The first-order chi connectivity index (χ1) is 16.3. The molecule has 0 aliphatic carbocycles. The summed E-state index contributed by atoms with van der Waals surface area (Å²) in [7, 11) is -1.91. The van der Waals surface area contributed by atoms with E-state index in [-0.39, 0.29) is 29.8 Å². The molecular weight excluding hydrogens is 457 g/mol. The van der Waals surface area contributed by atoms with Gasteiger partial charge >= 0.3 is 0 Å². The number of hydrogen-bond donors (Lipinski definition) is 1. The lowest BCUT2D eigenvalue weighted by Gasteiger charge is -2.31. The molecule has 2 aromatic carbocycles. The molecule has 4 rings (SSSR count). The third-order valence-corrected chi connectivity index (χ3v) is 7.94. The van der Waals surface area contributed by atoms with E-state index in [4.69, 9.17) is 5.26 Å². The predicted molar refractivity (Wildman–Crippen MR) is 122 cm³/mol. The lowest BCUT2D eigenvalue weighted by atomic mass is 9.96. The molecule has 3 aromatic rings. The van der Waals surface area contributed by atoms with Crippen molar-refractivity contribution in [1.29, 1.82) is 5.26 Å². The van der Waals surface area contributed by atoms with Crippen LogP contribution in [0.3, 0.4) is 0 Å². The molecule has 1 aromatic heterocycles. The highest BCUT2D eigenvalue weighted by Crippen LogP contribution is 2.27. The lowest BCUT2D eigenvalue weighted by Crippen LogP contribution is -2.44. The third kappa shape index (κ3) is 4.85. The van der Waals surface area contributed by atoms with Crippen LogP contribution in [0.1, 0.15) is 35.8 Å². The first-order valence-electron chi connectivity index (χ1n) is 10.8. The SMILES string of the molecule is Cn1ccnc1C(NC(=O)C1CCN(S(=O)(=O)c2ccc(C#N)cc2)CC1)c1cccc(F)c1. The highest BCUT2D eigenvalue weighted by molar-refractivity contribution is 7.89. The van der Waals surface area contributed by atoms with E-state index < -0.39 is 21.9 Å². The summed E-state index contributed by atoms with van der Waals surface area (Å²) in [6.45, 7) is 0.404. The van der Waals surface area contributed by atoms with Gasteiger partial charge in [-0.2, -0.15) is 9.57 Å². The largest absolute Gasteiger partial charge is 0.342 e. The predicted octanol–water partition coefficient (Wildman–Crippen LogP) is 2.74. The molecule has 1 atom stereocenters. The van der Waals surface area contributed by atoms with Crippen LogP contribution in [-0.4, -0.2) is 41.3 Å². The van der Waals surface area contributed by atoms with E-state index in [9.17, 15) is 17.6 Å². The molecule has 10 heteroatoms. The van der Waals surface area contributed by atoms with E-state index in [1.54, 1.807) is 36.1 Å². The molecule has 34 heavy (non-hydrogen) atoms. The zero-order valence-electron chi connectivity index (χ0n) is 18.6. The minimum atomic E-state index is -3.71. The third-order valence-electron chi connectivity index (χ3n) is 6.03. The first kappa shape index (κ1) is 23.6. The van der Waals surface area contributed by atoms with Crippen LogP contribution >= 0.6 is 0 Å². The van der Waals surface area contributed by atoms with Crippen LogP contribution in [0.25, 0.3) is 0 Å². The van der Waals surface area contributed by atoms with Gasteiger partial charge in [0.1, 0.15) is 17.7 Å². The van der Waals surface area contributed by atoms with Crippen LogP contribution in [-0.2, 0) is 21.9 Å². The standard InChI is InChI=1S/C24H24FN5O3S/c1-29-14-11-27-23(29)22(19-3-2-4-20(25)15-19)28-24(31)18-9-12-30(13-10-18)34(32,33)21-7-5-17(16-26)6-8-21/h2-8,11,14-15,18,22H,9-10,12-13H2,1H3,(H,28,31). The number of piperidine rings is 1. The van der Waals surface area contributed by atoms with Gasteiger partial charge in [-0.25, -0.2) is 17.8 Å². The Labute approximate surface area is 197 Å². The van der Waals surface area contributed by atoms with Gasteiger partial charge in [-0.1, -0.05) is 12.1 Å². The number of amides is 1. The summed E-state index contributed by atoms with van der Waals surface area (Å²) < 4.78 is 42.9. The van der Waals surface area contributed by atoms with E-state index in [0.717, 1.165) is 0 Å². The maximum Gasteiger partial charge on any atom is 0.243 e. The van der Waals surface area contributed by atoms with E-state index >= 15 is 0 Å². The van der Waals surface area contributed by atoms with Crippen molar-refractivity contribution in [2.24, 2.45) is 13.0 Å². The topological polar surface area (TPSA) is 108 Å². The second-order valence-corrected chi connectivity index (χ2v) is 10.1. The van der Waals surface area contributed by atoms with Crippen LogP contribution in [0.5, 0.6) is 0 Å². The molecule has 1 aliphatic rings. The molecule has 1 unspecified atom stereocenters. The fraction of sp³-hybridized carbons (Fsp3) is 0.292. The van der Waals surface area contributed by atoms with Crippen LogP contribution in [0, 0.1) is 23.1 Å². The minimum absolute atomic E-state index is 0.121. The first-order valence-corrected chi connectivity index (χ1v) is 12.3. The Hall–Kier alpha value is -3.55. The maximum absolute atomic E-state index is 13.9. The Morgan fingerprint density at radius 1 is 1.21 bits per heavy atom. The summed E-state index contributed by atoms with van der Waals surface area (Å²) in [5.41, 5.74) is 0.957. The number of nitrogens with one attached hydrogen (secondary N) is 1. The Morgan fingerprint density at radius 2 is 1.91 bits per heavy atom. The molecule has 176 valence electrons. The zero-order chi connectivity index (χ0) is 24.3. The summed E-state index contributed by atoms with van der Waals surface area (Å²) >= 11 is 0. The van der Waals surface area contributed by atoms with Crippen molar-refractivity contribution in [2.75, 3.05) is 13.1 Å². The molecular formula is C24H24FN5O3S. The van der Waals surface area contributed by atoms with Crippen molar-refractivity contribution >= 4 is 15.9 Å². The Kier molecular flexibility index (Phi) is 6.77. The van der Waals surface area contributed by atoms with Crippen LogP contribution in [0.15, 0.2) is 65.8 Å². The normalized spacial score (nSPS) is 16.0. The number of rotatable bonds is 6. The van der Waals surface area contributed by atoms with Crippen LogP contribution in [0.2, 0.25) is 0 Å². The van der Waals surface area contributed by atoms with Gasteiger partial charge in [-0.15, -0.1) is 0 Å². The molecule has 0 saturated carbocycles. The number of sulfonamides is 1. The molecule has 1 amide bonds. The van der Waals surface area contributed by atoms with Gasteiger partial charge in [-0.05, 0) is 54.8 Å². The molecule has 1 saturated heterocycles. The minimum Gasteiger partial charge on any atom is -0.342 e. The molecule has 2 heterocycles. The summed E-state index contributed by atoms with van der Waals surface area (Å²) in [5, 5.41) is 11.9. The van der Waals surface area contributed by atoms with Gasteiger partial charge < -0.3 is 9.88 Å². The smallest absolute Gasteiger partial charge is 0.243 e. The van der Waals surface area contributed by atoms with Crippen LogP contribution < -0.4 is 5.32 Å². The zero-order valence-corrected chi connectivity index (χ0v) is 19.4. The summed E-state index contributed by atoms with van der Waals surface area (Å²) in [4.78, 5) is 17.6. The lowest BCUT2D eigenvalue weighted by molar-refractivity contribution is -0.126. The number of carbonyl (C=O) groups is 1. The number of imidazole rings is 1. The van der Waals surface area contributed by atoms with Gasteiger partial charge in [0.2, 0.25) is 15.9 Å². The number of nitrogens with zero attached hydrogens (tertiary/aromatic N) is 4. The number of aromatic nitrogens is 2. The van der Waals surface area contributed by atoms with Gasteiger partial charge in [0.05, 0.1) is 16.5 Å². The molecule has 0 spiro atoms. The van der Waals surface area contributed by atoms with Crippen molar-refractivity contribution < 1.29 is 17.6 Å². The average molecular weight is 482 g/mol. The quantitative estimate of drug-likeness (QED) is 0.583. The fourth-order valence-corrected chi connectivity index (χ4v) is 5.58. The molecule has 8 nitrogen and oxygen atoms in total. The number of benzene rings is 2. The van der Waals surface area contributed by atoms with E-state index in [2.05, 4.69) is 10.3 Å². The van der Waals surface area contributed by atoms with E-state index in [0.29, 0.717) is 29.8 Å². The number of aryl methyl sites for hydroxylation is 1. The number of carbonyl (C=O) groups excluding carboxylic acids is 1. The molecule has 0 radical (unpaired) electrons. The second-order valence-electron chi connectivity index (χ2n) is 8.21. The highest BCUT2D eigenvalue weighted by Gasteiger charge is 2.33. The van der Waals surface area contributed by atoms with Crippen molar-refractivity contribution in [3.63, 3.8) is 0 Å². The molecule has 1 aliphatic heterocycles. The van der Waals surface area contributed by atoms with Crippen molar-refractivity contribution in [2.45, 2.75) is 23.8 Å². The monoisotopic (exact) mass is 481 g/mol. The molecule has 1 fully saturated rings. The van der Waals surface area contributed by atoms with Gasteiger partial charge in [0.15, 0.2) is 0 Å². The second kappa shape index (κ2) is 9.75. The number of halogens is 1. The van der Waals surface area contributed by atoms with Gasteiger partial charge in [0, 0.05) is 38.4 Å². The van der Waals surface area contributed by atoms with Crippen molar-refractivity contribution in [1.82, 2.24) is 19.2 Å². The maximum atomic E-state index is 13.9. The molecule has 0 bridgehead atoms. The number of nitriles is 1. The Balaban J connectivity index is 1.46. The van der Waals surface area contributed by atoms with E-state index in [1.165, 1.54) is 40.7 Å². The number of hydrogen-bond acceptors (Lipinski definition) is 5. The van der Waals surface area contributed by atoms with Gasteiger partial charge in [0.25, 0.3) is 0 Å². The summed E-state index contributed by atoms with van der Waals surface area (Å²) in [5.74, 6) is -0.455. The fourth-order valence-electron chi connectivity index (χ4n) is 4.11. The summed E-state index contributed by atoms with van der Waals surface area (Å²) in [6, 6.07) is 13.1. The Morgan fingerprint density at radius 3 is 2.50 bits per heavy atom. The van der Waals surface area contributed by atoms with Crippen LogP contribution in [0.4, 0.5) is 4.39 Å². The highest BCUT2D eigenvalue weighted by atomic mass is 32.2. The van der Waals surface area contributed by atoms with Crippen molar-refractivity contribution in [3.05, 3.63) is 83.7 Å². The van der Waals surface area contributed by atoms with Crippen molar-refractivity contribution in [3.8, 4) is 6.07 Å². The van der Waals surface area contributed by atoms with Gasteiger partial charge in [-0.3, -0.25) is 4.79 Å². The average Bonchev–Trinajstić information content (AvgIpc) is 3.28. The summed E-state index contributed by atoms with van der Waals surface area (Å²) in [6.07, 6.45) is 4.08.